The fourth-order valence-electron chi connectivity index (χ4n) is 2.65. The minimum Gasteiger partial charge on any atom is -0.327 e. The number of anilines is 1. The standard InChI is InChI=1S/C18H15ClFN3O2/c1-10-15(17(24)22-14-5-3-2-4-13(14)20)16(23-18(25)21-10)11-6-8-12(19)9-7-11/h2-9,16H,1H3,(H,22,24)(H2,21,23,25)/t16-/m0/s1. The van der Waals surface area contributed by atoms with E-state index in [1.165, 1.54) is 18.2 Å². The van der Waals surface area contributed by atoms with E-state index < -0.39 is 23.8 Å². The van der Waals surface area contributed by atoms with E-state index in [9.17, 15) is 14.0 Å². The Labute approximate surface area is 148 Å². The first-order chi connectivity index (χ1) is 12.0. The van der Waals surface area contributed by atoms with Crippen molar-refractivity contribution in [1.29, 1.82) is 0 Å². The number of hydrogen-bond acceptors (Lipinski definition) is 2. The van der Waals surface area contributed by atoms with Gasteiger partial charge in [0.25, 0.3) is 5.91 Å². The molecule has 0 radical (unpaired) electrons. The highest BCUT2D eigenvalue weighted by Crippen LogP contribution is 2.28. The Morgan fingerprint density at radius 1 is 1.16 bits per heavy atom. The molecule has 7 heteroatoms. The zero-order valence-electron chi connectivity index (χ0n) is 13.3. The lowest BCUT2D eigenvalue weighted by Gasteiger charge is -2.28. The number of amides is 3. The van der Waals surface area contributed by atoms with Crippen molar-refractivity contribution in [3.8, 4) is 0 Å². The number of carbonyl (C=O) groups is 2. The Kier molecular flexibility index (Phi) is 4.72. The van der Waals surface area contributed by atoms with Crippen molar-refractivity contribution in [3.63, 3.8) is 0 Å². The minimum atomic E-state index is -0.669. The maximum Gasteiger partial charge on any atom is 0.319 e. The van der Waals surface area contributed by atoms with Crippen LogP contribution in [0.5, 0.6) is 0 Å². The maximum absolute atomic E-state index is 13.8. The van der Waals surface area contributed by atoms with Crippen molar-refractivity contribution in [3.05, 3.63) is 76.2 Å². The van der Waals surface area contributed by atoms with Crippen molar-refractivity contribution < 1.29 is 14.0 Å². The molecule has 25 heavy (non-hydrogen) atoms. The molecular formula is C18H15ClFN3O2. The third kappa shape index (κ3) is 3.64. The Bertz CT molecular complexity index is 865. The van der Waals surface area contributed by atoms with Gasteiger partial charge in [-0.2, -0.15) is 0 Å². The SMILES string of the molecule is CC1=C(C(=O)Nc2ccccc2F)[C@H](c2ccc(Cl)cc2)NC(=O)N1. The van der Waals surface area contributed by atoms with E-state index >= 15 is 0 Å². The average Bonchev–Trinajstić information content (AvgIpc) is 2.57. The Morgan fingerprint density at radius 3 is 2.52 bits per heavy atom. The van der Waals surface area contributed by atoms with Crippen molar-refractivity contribution in [2.45, 2.75) is 13.0 Å². The summed E-state index contributed by atoms with van der Waals surface area (Å²) in [5, 5.41) is 8.37. The quantitative estimate of drug-likeness (QED) is 0.781. The van der Waals surface area contributed by atoms with Gasteiger partial charge in [0.2, 0.25) is 0 Å². The second-order valence-corrected chi connectivity index (χ2v) is 5.99. The van der Waals surface area contributed by atoms with Crippen LogP contribution in [0.3, 0.4) is 0 Å². The number of allylic oxidation sites excluding steroid dienone is 1. The molecule has 3 rings (SSSR count). The zero-order valence-corrected chi connectivity index (χ0v) is 14.0. The number of carbonyl (C=O) groups excluding carboxylic acids is 2. The number of para-hydroxylation sites is 1. The summed E-state index contributed by atoms with van der Waals surface area (Å²) in [7, 11) is 0. The Morgan fingerprint density at radius 2 is 1.84 bits per heavy atom. The van der Waals surface area contributed by atoms with E-state index in [0.717, 1.165) is 0 Å². The van der Waals surface area contributed by atoms with Gasteiger partial charge in [-0.15, -0.1) is 0 Å². The molecule has 0 unspecified atom stereocenters. The monoisotopic (exact) mass is 359 g/mol. The molecule has 2 aromatic rings. The van der Waals surface area contributed by atoms with E-state index in [1.54, 1.807) is 37.3 Å². The predicted octanol–water partition coefficient (Wildman–Crippen LogP) is 3.75. The summed E-state index contributed by atoms with van der Waals surface area (Å²) in [6.07, 6.45) is 0. The topological polar surface area (TPSA) is 70.2 Å². The van der Waals surface area contributed by atoms with E-state index in [2.05, 4.69) is 16.0 Å². The zero-order chi connectivity index (χ0) is 18.0. The summed E-state index contributed by atoms with van der Waals surface area (Å²) in [5.41, 5.74) is 1.46. The molecule has 0 aromatic heterocycles. The van der Waals surface area contributed by atoms with Crippen LogP contribution in [0.15, 0.2) is 59.8 Å². The number of rotatable bonds is 3. The molecule has 1 atom stereocenters. The van der Waals surface area contributed by atoms with Gasteiger partial charge in [0.05, 0.1) is 17.3 Å². The van der Waals surface area contributed by atoms with E-state index in [-0.39, 0.29) is 5.69 Å². The summed E-state index contributed by atoms with van der Waals surface area (Å²) in [6, 6.07) is 11.6. The van der Waals surface area contributed by atoms with Crippen LogP contribution in [0.2, 0.25) is 5.02 Å². The molecule has 0 aliphatic carbocycles. The number of nitrogens with one attached hydrogen (secondary N) is 3. The second-order valence-electron chi connectivity index (χ2n) is 5.56. The molecule has 1 aliphatic heterocycles. The van der Waals surface area contributed by atoms with Gasteiger partial charge in [-0.05, 0) is 36.8 Å². The van der Waals surface area contributed by atoms with Gasteiger partial charge in [-0.3, -0.25) is 4.79 Å². The molecule has 2 aromatic carbocycles. The van der Waals surface area contributed by atoms with Crippen LogP contribution >= 0.6 is 11.6 Å². The van der Waals surface area contributed by atoms with Crippen LogP contribution in [-0.2, 0) is 4.79 Å². The van der Waals surface area contributed by atoms with Crippen LogP contribution in [0, 0.1) is 5.82 Å². The molecule has 1 heterocycles. The fourth-order valence-corrected chi connectivity index (χ4v) is 2.78. The first kappa shape index (κ1) is 17.0. The van der Waals surface area contributed by atoms with Gasteiger partial charge in [-0.25, -0.2) is 9.18 Å². The first-order valence-corrected chi connectivity index (χ1v) is 7.93. The summed E-state index contributed by atoms with van der Waals surface area (Å²) < 4.78 is 13.8. The van der Waals surface area contributed by atoms with Gasteiger partial charge in [0.1, 0.15) is 5.82 Å². The predicted molar refractivity (Wildman–Crippen MR) is 93.6 cm³/mol. The summed E-state index contributed by atoms with van der Waals surface area (Å²) >= 11 is 5.90. The lowest BCUT2D eigenvalue weighted by atomic mass is 9.95. The van der Waals surface area contributed by atoms with Crippen LogP contribution in [0.4, 0.5) is 14.9 Å². The van der Waals surface area contributed by atoms with Gasteiger partial charge in [-0.1, -0.05) is 35.9 Å². The van der Waals surface area contributed by atoms with Crippen LogP contribution in [0.25, 0.3) is 0 Å². The van der Waals surface area contributed by atoms with Gasteiger partial charge < -0.3 is 16.0 Å². The van der Waals surface area contributed by atoms with Crippen LogP contribution in [-0.4, -0.2) is 11.9 Å². The van der Waals surface area contributed by atoms with Gasteiger partial charge in [0, 0.05) is 10.7 Å². The number of urea groups is 1. The van der Waals surface area contributed by atoms with Crippen molar-refractivity contribution in [2.24, 2.45) is 0 Å². The molecule has 0 bridgehead atoms. The van der Waals surface area contributed by atoms with Crippen molar-refractivity contribution >= 4 is 29.2 Å². The van der Waals surface area contributed by atoms with Crippen molar-refractivity contribution in [1.82, 2.24) is 10.6 Å². The highest BCUT2D eigenvalue weighted by molar-refractivity contribution is 6.30. The number of halogens is 2. The van der Waals surface area contributed by atoms with E-state index in [0.29, 0.717) is 21.9 Å². The maximum atomic E-state index is 13.8. The summed E-state index contributed by atoms with van der Waals surface area (Å²) in [6.45, 7) is 1.62. The minimum absolute atomic E-state index is 0.0690. The van der Waals surface area contributed by atoms with E-state index in [4.69, 9.17) is 11.6 Å². The molecule has 0 saturated carbocycles. The molecule has 0 spiro atoms. The Hall–Kier alpha value is -2.86. The molecule has 1 aliphatic rings. The third-order valence-corrected chi connectivity index (χ3v) is 4.09. The van der Waals surface area contributed by atoms with E-state index in [1.807, 2.05) is 0 Å². The van der Waals surface area contributed by atoms with Crippen LogP contribution in [0.1, 0.15) is 18.5 Å². The highest BCUT2D eigenvalue weighted by atomic mass is 35.5. The Balaban J connectivity index is 1.96. The lowest BCUT2D eigenvalue weighted by Crippen LogP contribution is -2.46. The van der Waals surface area contributed by atoms with Gasteiger partial charge >= 0.3 is 6.03 Å². The summed E-state index contributed by atoms with van der Waals surface area (Å²) in [5.74, 6) is -1.04. The summed E-state index contributed by atoms with van der Waals surface area (Å²) in [4.78, 5) is 24.6. The molecule has 5 nitrogen and oxygen atoms in total. The van der Waals surface area contributed by atoms with Gasteiger partial charge in [0.15, 0.2) is 0 Å². The normalized spacial score (nSPS) is 16.9. The third-order valence-electron chi connectivity index (χ3n) is 3.84. The molecule has 3 N–H and O–H groups in total. The molecule has 3 amide bonds. The molecule has 128 valence electrons. The molecule has 0 fully saturated rings. The lowest BCUT2D eigenvalue weighted by molar-refractivity contribution is -0.113. The average molecular weight is 360 g/mol. The smallest absolute Gasteiger partial charge is 0.319 e. The van der Waals surface area contributed by atoms with Crippen LogP contribution < -0.4 is 16.0 Å². The largest absolute Gasteiger partial charge is 0.327 e. The fraction of sp³-hybridized carbons (Fsp3) is 0.111. The second kappa shape index (κ2) is 6.94. The number of benzene rings is 2. The highest BCUT2D eigenvalue weighted by Gasteiger charge is 2.31. The molecular weight excluding hydrogens is 345 g/mol. The first-order valence-electron chi connectivity index (χ1n) is 7.55. The molecule has 0 saturated heterocycles. The van der Waals surface area contributed by atoms with Crippen molar-refractivity contribution in [2.75, 3.05) is 5.32 Å². The number of hydrogen-bond donors (Lipinski definition) is 3.